The Morgan fingerprint density at radius 3 is 2.08 bits per heavy atom. The smallest absolute Gasteiger partial charge is 0.147 e. The highest BCUT2D eigenvalue weighted by molar-refractivity contribution is 6.44. The van der Waals surface area contributed by atoms with Crippen molar-refractivity contribution in [3.8, 4) is 0 Å². The first kappa shape index (κ1) is 12.3. The molecule has 0 fully saturated rings. The third kappa shape index (κ3) is 3.27. The molecule has 1 aromatic rings. The Hall–Kier alpha value is -0.690. The zero-order valence-electron chi connectivity index (χ0n) is 8.94. The van der Waals surface area contributed by atoms with Crippen LogP contribution < -0.4 is 10.6 Å². The van der Waals surface area contributed by atoms with Gasteiger partial charge in [0.1, 0.15) is 5.42 Å². The predicted octanol–water partition coefficient (Wildman–Crippen LogP) is 2.86. The zero-order valence-corrected chi connectivity index (χ0v) is 9.70. The summed E-state index contributed by atoms with van der Waals surface area (Å²) in [6, 6.07) is 1.93. The molecule has 1 nitrogen and oxygen atoms in total. The lowest BCUT2D eigenvalue weighted by atomic mass is 10.2. The minimum atomic E-state index is 0.700. The van der Waals surface area contributed by atoms with E-state index in [4.69, 9.17) is 16.0 Å². The molecular weight excluding hydrogens is 184 g/mol. The maximum Gasteiger partial charge on any atom is 0.147 e. The normalized spacial score (nSPS) is 11.5. The van der Waals surface area contributed by atoms with Gasteiger partial charge in [-0.05, 0) is 26.8 Å². The molecule has 1 rings (SSSR count). The summed E-state index contributed by atoms with van der Waals surface area (Å²) >= 11 is 5.80. The molecular formula is C11H17ClO. The van der Waals surface area contributed by atoms with E-state index in [1.54, 1.807) is 6.26 Å². The first-order valence-corrected chi connectivity index (χ1v) is 4.88. The molecule has 0 saturated carbocycles. The SMILES string of the molecule is CC.CC(C)=c1cco/c1=C(/C)Cl. The van der Waals surface area contributed by atoms with Crippen molar-refractivity contribution in [2.24, 2.45) is 0 Å². The van der Waals surface area contributed by atoms with Crippen LogP contribution in [-0.4, -0.2) is 0 Å². The highest BCUT2D eigenvalue weighted by Gasteiger charge is 1.93. The first-order valence-electron chi connectivity index (χ1n) is 4.50. The van der Waals surface area contributed by atoms with Crippen LogP contribution in [0.4, 0.5) is 0 Å². The van der Waals surface area contributed by atoms with E-state index in [0.717, 1.165) is 10.6 Å². The van der Waals surface area contributed by atoms with Gasteiger partial charge in [0.05, 0.1) is 11.3 Å². The summed E-state index contributed by atoms with van der Waals surface area (Å²) in [4.78, 5) is 0. The minimum absolute atomic E-state index is 0.700. The Kier molecular flexibility index (Phi) is 5.56. The van der Waals surface area contributed by atoms with Crippen molar-refractivity contribution >= 4 is 22.2 Å². The summed E-state index contributed by atoms with van der Waals surface area (Å²) in [5.74, 6) is 0. The van der Waals surface area contributed by atoms with Gasteiger partial charge in [0.2, 0.25) is 0 Å². The Labute approximate surface area is 84.7 Å². The van der Waals surface area contributed by atoms with E-state index in [0.29, 0.717) is 5.03 Å². The van der Waals surface area contributed by atoms with E-state index in [1.807, 2.05) is 40.7 Å². The maximum atomic E-state index is 5.80. The van der Waals surface area contributed by atoms with Crippen LogP contribution in [-0.2, 0) is 0 Å². The van der Waals surface area contributed by atoms with Crippen molar-refractivity contribution < 1.29 is 4.42 Å². The molecule has 0 unspecified atom stereocenters. The van der Waals surface area contributed by atoms with E-state index in [1.165, 1.54) is 5.57 Å². The Bertz CT molecular complexity index is 317. The number of hydrogen-bond donors (Lipinski definition) is 0. The van der Waals surface area contributed by atoms with Crippen LogP contribution in [0.25, 0.3) is 10.6 Å². The van der Waals surface area contributed by atoms with Crippen molar-refractivity contribution in [3.05, 3.63) is 23.0 Å². The molecule has 0 aliphatic rings. The van der Waals surface area contributed by atoms with Crippen LogP contribution in [0.5, 0.6) is 0 Å². The lowest BCUT2D eigenvalue weighted by Crippen LogP contribution is -2.21. The fourth-order valence-corrected chi connectivity index (χ4v) is 1.12. The fraction of sp³-hybridized carbons (Fsp3) is 0.455. The van der Waals surface area contributed by atoms with Gasteiger partial charge in [0.25, 0.3) is 0 Å². The number of rotatable bonds is 0. The molecule has 74 valence electrons. The van der Waals surface area contributed by atoms with Crippen LogP contribution >= 0.6 is 11.6 Å². The molecule has 1 heterocycles. The molecule has 0 N–H and O–H groups in total. The molecule has 1 aromatic heterocycles. The summed E-state index contributed by atoms with van der Waals surface area (Å²) in [7, 11) is 0. The molecule has 0 amide bonds. The summed E-state index contributed by atoms with van der Waals surface area (Å²) < 4.78 is 5.20. The summed E-state index contributed by atoms with van der Waals surface area (Å²) in [5, 5.41) is 1.80. The van der Waals surface area contributed by atoms with Gasteiger partial charge in [-0.3, -0.25) is 0 Å². The highest BCUT2D eigenvalue weighted by atomic mass is 35.5. The summed E-state index contributed by atoms with van der Waals surface area (Å²) in [6.45, 7) is 9.90. The molecule has 0 aromatic carbocycles. The van der Waals surface area contributed by atoms with E-state index < -0.39 is 0 Å². The molecule has 0 saturated heterocycles. The molecule has 0 bridgehead atoms. The number of hydrogen-bond acceptors (Lipinski definition) is 1. The average molecular weight is 201 g/mol. The van der Waals surface area contributed by atoms with Crippen LogP contribution in [0.15, 0.2) is 16.7 Å². The largest absolute Gasteiger partial charge is 0.463 e. The van der Waals surface area contributed by atoms with Gasteiger partial charge in [0.15, 0.2) is 0 Å². The van der Waals surface area contributed by atoms with Gasteiger partial charge in [-0.15, -0.1) is 0 Å². The van der Waals surface area contributed by atoms with Gasteiger partial charge >= 0.3 is 0 Å². The third-order valence-electron chi connectivity index (χ3n) is 1.52. The van der Waals surface area contributed by atoms with E-state index in [2.05, 4.69) is 0 Å². The average Bonchev–Trinajstić information content (AvgIpc) is 2.55. The van der Waals surface area contributed by atoms with E-state index in [-0.39, 0.29) is 0 Å². The van der Waals surface area contributed by atoms with Gasteiger partial charge in [-0.2, -0.15) is 0 Å². The van der Waals surface area contributed by atoms with Crippen LogP contribution in [0.2, 0.25) is 0 Å². The van der Waals surface area contributed by atoms with Crippen molar-refractivity contribution in [2.75, 3.05) is 0 Å². The number of halogens is 1. The fourth-order valence-electron chi connectivity index (χ4n) is 0.970. The van der Waals surface area contributed by atoms with Gasteiger partial charge in [0, 0.05) is 5.22 Å². The summed E-state index contributed by atoms with van der Waals surface area (Å²) in [5.41, 5.74) is 2.00. The van der Waals surface area contributed by atoms with Gasteiger partial charge < -0.3 is 4.42 Å². The lowest BCUT2D eigenvalue weighted by molar-refractivity contribution is 0.529. The van der Waals surface area contributed by atoms with Crippen LogP contribution in [0.3, 0.4) is 0 Å². The molecule has 0 aliphatic heterocycles. The van der Waals surface area contributed by atoms with Crippen molar-refractivity contribution in [3.63, 3.8) is 0 Å². The van der Waals surface area contributed by atoms with Gasteiger partial charge in [-0.1, -0.05) is 31.0 Å². The molecule has 2 heteroatoms. The van der Waals surface area contributed by atoms with Crippen LogP contribution in [0, 0.1) is 0 Å². The zero-order chi connectivity index (χ0) is 10.4. The number of furan rings is 1. The van der Waals surface area contributed by atoms with Crippen molar-refractivity contribution in [1.82, 2.24) is 0 Å². The molecule has 0 atom stereocenters. The topological polar surface area (TPSA) is 13.1 Å². The third-order valence-corrected chi connectivity index (χ3v) is 1.69. The standard InChI is InChI=1S/C9H11ClO.C2H6/c1-6(2)8-4-5-11-9(8)7(3)10;1-2/h4-5H,1-3H3;1-2H3/b9-7-;. The maximum absolute atomic E-state index is 5.80. The molecule has 0 spiro atoms. The monoisotopic (exact) mass is 200 g/mol. The molecule has 0 aliphatic carbocycles. The van der Waals surface area contributed by atoms with Crippen LogP contribution in [0.1, 0.15) is 34.6 Å². The quantitative estimate of drug-likeness (QED) is 0.628. The minimum Gasteiger partial charge on any atom is -0.463 e. The molecule has 13 heavy (non-hydrogen) atoms. The molecule has 0 radical (unpaired) electrons. The Morgan fingerprint density at radius 2 is 1.77 bits per heavy atom. The second kappa shape index (κ2) is 5.87. The second-order valence-corrected chi connectivity index (χ2v) is 3.26. The predicted molar refractivity (Wildman–Crippen MR) is 59.0 cm³/mol. The summed E-state index contributed by atoms with van der Waals surface area (Å²) in [6.07, 6.45) is 1.66. The van der Waals surface area contributed by atoms with Crippen molar-refractivity contribution in [2.45, 2.75) is 34.6 Å². The Balaban J connectivity index is 0.000000671. The first-order chi connectivity index (χ1) is 6.13. The van der Waals surface area contributed by atoms with E-state index in [9.17, 15) is 0 Å². The Morgan fingerprint density at radius 1 is 1.23 bits per heavy atom. The van der Waals surface area contributed by atoms with Crippen molar-refractivity contribution in [1.29, 1.82) is 0 Å². The lowest BCUT2D eigenvalue weighted by Gasteiger charge is -1.85. The van der Waals surface area contributed by atoms with Gasteiger partial charge in [-0.25, -0.2) is 0 Å². The second-order valence-electron chi connectivity index (χ2n) is 2.70. The van der Waals surface area contributed by atoms with E-state index >= 15 is 0 Å². The highest BCUT2D eigenvalue weighted by Crippen LogP contribution is 1.94.